The number of hydrogen-bond acceptors (Lipinski definition) is 3. The summed E-state index contributed by atoms with van der Waals surface area (Å²) in [5.74, 6) is 0. The summed E-state index contributed by atoms with van der Waals surface area (Å²) in [6.45, 7) is 0. The van der Waals surface area contributed by atoms with Crippen LogP contribution in [0.2, 0.25) is 0 Å². The molecule has 0 saturated carbocycles. The van der Waals surface area contributed by atoms with Gasteiger partial charge in [-0.3, -0.25) is 0 Å². The van der Waals surface area contributed by atoms with Crippen LogP contribution in [0.1, 0.15) is 4.88 Å². The van der Waals surface area contributed by atoms with Gasteiger partial charge in [-0.15, -0.1) is 11.3 Å². The molecule has 0 aliphatic carbocycles. The highest BCUT2D eigenvalue weighted by Gasteiger charge is 2.00. The van der Waals surface area contributed by atoms with Crippen molar-refractivity contribution >= 4 is 32.4 Å². The van der Waals surface area contributed by atoms with Crippen LogP contribution in [0.15, 0.2) is 6.20 Å². The number of aromatic nitrogens is 1. The monoisotopic (exact) mass is 220 g/mol. The molecular formula is C6H9BrN2S. The van der Waals surface area contributed by atoms with Gasteiger partial charge in [-0.1, -0.05) is 15.9 Å². The van der Waals surface area contributed by atoms with E-state index in [0.717, 1.165) is 10.5 Å². The van der Waals surface area contributed by atoms with Crippen molar-refractivity contribution in [3.8, 4) is 0 Å². The lowest BCUT2D eigenvalue weighted by atomic mass is 10.6. The van der Waals surface area contributed by atoms with Crippen molar-refractivity contribution in [2.45, 2.75) is 5.33 Å². The third kappa shape index (κ3) is 1.70. The molecule has 0 amide bonds. The normalized spacial score (nSPS) is 9.90. The predicted molar refractivity (Wildman–Crippen MR) is 49.1 cm³/mol. The Morgan fingerprint density at radius 1 is 1.70 bits per heavy atom. The number of anilines is 1. The maximum absolute atomic E-state index is 4.20. The lowest BCUT2D eigenvalue weighted by Gasteiger charge is -2.04. The minimum Gasteiger partial charge on any atom is -0.354 e. The van der Waals surface area contributed by atoms with Gasteiger partial charge in [-0.05, 0) is 0 Å². The summed E-state index contributed by atoms with van der Waals surface area (Å²) in [6.07, 6.45) is 1.90. The third-order valence-electron chi connectivity index (χ3n) is 1.06. The SMILES string of the molecule is CN(C)c1ncc(CBr)s1. The van der Waals surface area contributed by atoms with Crippen LogP contribution < -0.4 is 4.90 Å². The van der Waals surface area contributed by atoms with Crippen molar-refractivity contribution in [1.29, 1.82) is 0 Å². The molecule has 56 valence electrons. The van der Waals surface area contributed by atoms with Crippen LogP contribution in [0.4, 0.5) is 5.13 Å². The van der Waals surface area contributed by atoms with Crippen molar-refractivity contribution in [1.82, 2.24) is 4.98 Å². The van der Waals surface area contributed by atoms with E-state index in [1.54, 1.807) is 11.3 Å². The largest absolute Gasteiger partial charge is 0.354 e. The van der Waals surface area contributed by atoms with E-state index in [1.807, 2.05) is 25.2 Å². The fourth-order valence-corrected chi connectivity index (χ4v) is 1.74. The van der Waals surface area contributed by atoms with Crippen molar-refractivity contribution in [2.75, 3.05) is 19.0 Å². The maximum atomic E-state index is 4.20. The summed E-state index contributed by atoms with van der Waals surface area (Å²) in [5.41, 5.74) is 0. The zero-order valence-corrected chi connectivity index (χ0v) is 8.37. The molecule has 0 unspecified atom stereocenters. The Bertz CT molecular complexity index is 209. The van der Waals surface area contributed by atoms with Crippen LogP contribution in [0, 0.1) is 0 Å². The molecule has 0 atom stereocenters. The average molecular weight is 221 g/mol. The van der Waals surface area contributed by atoms with E-state index in [1.165, 1.54) is 4.88 Å². The second-order valence-electron chi connectivity index (χ2n) is 2.14. The molecule has 1 aromatic heterocycles. The first-order valence-electron chi connectivity index (χ1n) is 2.92. The first-order valence-corrected chi connectivity index (χ1v) is 4.86. The van der Waals surface area contributed by atoms with Crippen LogP contribution in [-0.4, -0.2) is 19.1 Å². The van der Waals surface area contributed by atoms with Gasteiger partial charge in [0, 0.05) is 30.5 Å². The molecule has 0 aliphatic heterocycles. The summed E-state index contributed by atoms with van der Waals surface area (Å²) in [6, 6.07) is 0. The Labute approximate surface area is 73.0 Å². The Balaban J connectivity index is 2.78. The minimum absolute atomic E-state index is 0.901. The average Bonchev–Trinajstić information content (AvgIpc) is 2.34. The second-order valence-corrected chi connectivity index (χ2v) is 3.79. The molecule has 0 N–H and O–H groups in total. The Morgan fingerprint density at radius 3 is 2.70 bits per heavy atom. The fraction of sp³-hybridized carbons (Fsp3) is 0.500. The van der Waals surface area contributed by atoms with Gasteiger partial charge < -0.3 is 4.90 Å². The van der Waals surface area contributed by atoms with Gasteiger partial charge in [-0.25, -0.2) is 4.98 Å². The quantitative estimate of drug-likeness (QED) is 0.711. The third-order valence-corrected chi connectivity index (χ3v) is 3.20. The molecule has 1 heterocycles. The van der Waals surface area contributed by atoms with Crippen molar-refractivity contribution in [3.05, 3.63) is 11.1 Å². The smallest absolute Gasteiger partial charge is 0.184 e. The Morgan fingerprint density at radius 2 is 2.40 bits per heavy atom. The number of thiazole rings is 1. The van der Waals surface area contributed by atoms with Gasteiger partial charge in [0.2, 0.25) is 0 Å². The molecular weight excluding hydrogens is 212 g/mol. The summed E-state index contributed by atoms with van der Waals surface area (Å²) in [7, 11) is 3.99. The number of alkyl halides is 1. The highest BCUT2D eigenvalue weighted by Crippen LogP contribution is 2.21. The zero-order valence-electron chi connectivity index (χ0n) is 5.97. The van der Waals surface area contributed by atoms with Crippen LogP contribution in [0.25, 0.3) is 0 Å². The van der Waals surface area contributed by atoms with Crippen molar-refractivity contribution in [2.24, 2.45) is 0 Å². The highest BCUT2D eigenvalue weighted by molar-refractivity contribution is 9.08. The second kappa shape index (κ2) is 3.34. The molecule has 4 heteroatoms. The van der Waals surface area contributed by atoms with Crippen LogP contribution in [-0.2, 0) is 5.33 Å². The van der Waals surface area contributed by atoms with E-state index in [0.29, 0.717) is 0 Å². The summed E-state index contributed by atoms with van der Waals surface area (Å²) in [4.78, 5) is 7.48. The Kier molecular flexibility index (Phi) is 2.68. The van der Waals surface area contributed by atoms with Crippen molar-refractivity contribution in [3.63, 3.8) is 0 Å². The standard InChI is InChI=1S/C6H9BrN2S/c1-9(2)6-8-4-5(3-7)10-6/h4H,3H2,1-2H3. The zero-order chi connectivity index (χ0) is 7.56. The van der Waals surface area contributed by atoms with Crippen molar-refractivity contribution < 1.29 is 0 Å². The number of rotatable bonds is 2. The number of nitrogens with zero attached hydrogens (tertiary/aromatic N) is 2. The Hall–Kier alpha value is -0.0900. The minimum atomic E-state index is 0.901. The molecule has 0 aliphatic rings. The van der Waals surface area contributed by atoms with E-state index in [-0.39, 0.29) is 0 Å². The molecule has 2 nitrogen and oxygen atoms in total. The molecule has 1 rings (SSSR count). The van der Waals surface area contributed by atoms with Crippen LogP contribution in [0.5, 0.6) is 0 Å². The fourth-order valence-electron chi connectivity index (χ4n) is 0.566. The molecule has 0 bridgehead atoms. The number of hydrogen-bond donors (Lipinski definition) is 0. The molecule has 0 radical (unpaired) electrons. The summed E-state index contributed by atoms with van der Waals surface area (Å²) < 4.78 is 0. The topological polar surface area (TPSA) is 16.1 Å². The van der Waals surface area contributed by atoms with Gasteiger partial charge in [0.25, 0.3) is 0 Å². The van der Waals surface area contributed by atoms with E-state index in [4.69, 9.17) is 0 Å². The number of halogens is 1. The summed E-state index contributed by atoms with van der Waals surface area (Å²) >= 11 is 5.08. The van der Waals surface area contributed by atoms with Gasteiger partial charge in [0.1, 0.15) is 0 Å². The molecule has 0 spiro atoms. The molecule has 0 aromatic carbocycles. The molecule has 0 fully saturated rings. The van der Waals surface area contributed by atoms with E-state index in [2.05, 4.69) is 20.9 Å². The van der Waals surface area contributed by atoms with Gasteiger partial charge >= 0.3 is 0 Å². The van der Waals surface area contributed by atoms with Crippen LogP contribution in [0.3, 0.4) is 0 Å². The van der Waals surface area contributed by atoms with Gasteiger partial charge in [-0.2, -0.15) is 0 Å². The lowest BCUT2D eigenvalue weighted by molar-refractivity contribution is 1.10. The molecule has 0 saturated heterocycles. The highest BCUT2D eigenvalue weighted by atomic mass is 79.9. The predicted octanol–water partition coefficient (Wildman–Crippen LogP) is 2.10. The van der Waals surface area contributed by atoms with Gasteiger partial charge in [0.15, 0.2) is 5.13 Å². The van der Waals surface area contributed by atoms with E-state index >= 15 is 0 Å². The van der Waals surface area contributed by atoms with E-state index in [9.17, 15) is 0 Å². The molecule has 10 heavy (non-hydrogen) atoms. The molecule has 1 aromatic rings. The lowest BCUT2D eigenvalue weighted by Crippen LogP contribution is -2.07. The van der Waals surface area contributed by atoms with Crippen LogP contribution >= 0.6 is 27.3 Å². The first-order chi connectivity index (χ1) is 4.74. The van der Waals surface area contributed by atoms with E-state index < -0.39 is 0 Å². The first kappa shape index (κ1) is 8.01. The summed E-state index contributed by atoms with van der Waals surface area (Å²) in [5, 5.41) is 1.97. The maximum Gasteiger partial charge on any atom is 0.184 e. The van der Waals surface area contributed by atoms with Gasteiger partial charge in [0.05, 0.1) is 0 Å².